The zero-order valence-electron chi connectivity index (χ0n) is 23.2. The van der Waals surface area contributed by atoms with Gasteiger partial charge in [-0.1, -0.05) is 24.2 Å². The number of fused-ring (bicyclic) bond motifs is 2. The highest BCUT2D eigenvalue weighted by Gasteiger charge is 2.40. The SMILES string of the molecule is CC(CCN=[N+]=[N-])CCOc1cc([C@H]2Oc3cc([C@H]4Oc5cc(O)cc(O)c5C(=O)[C@@H]4O)ccc3O[C@@H]2CO)ccc1O. The van der Waals surface area contributed by atoms with E-state index in [4.69, 9.17) is 24.5 Å². The standard InChI is InChI=1S/C30H31N3O10/c1-15(6-8-32-33-31)7-9-40-22-10-16(2-4-19(22)36)29-25(14-34)41-21-5-3-17(11-23(21)42-29)30-28(39)27(38)26-20(37)12-18(35)13-24(26)43-30/h2-5,10-13,15,25,28-30,34-37,39H,6-9,14H2,1H3/t15?,25-,28+,29-,30-/m1/s1. The summed E-state index contributed by atoms with van der Waals surface area (Å²) in [5.41, 5.74) is 9.13. The number of aromatic hydroxyl groups is 3. The Kier molecular flexibility index (Phi) is 8.67. The molecule has 1 unspecified atom stereocenters. The molecule has 2 aliphatic rings. The first-order valence-corrected chi connectivity index (χ1v) is 13.7. The van der Waals surface area contributed by atoms with E-state index in [1.165, 1.54) is 12.1 Å². The number of phenolic OH excluding ortho intramolecular Hbond substituents is 3. The predicted octanol–water partition coefficient (Wildman–Crippen LogP) is 4.46. The van der Waals surface area contributed by atoms with Crippen LogP contribution < -0.4 is 18.9 Å². The van der Waals surface area contributed by atoms with Crippen molar-refractivity contribution in [1.82, 2.24) is 0 Å². The number of azide groups is 1. The van der Waals surface area contributed by atoms with Crippen LogP contribution >= 0.6 is 0 Å². The van der Waals surface area contributed by atoms with Gasteiger partial charge in [-0.15, -0.1) is 0 Å². The molecule has 5 rings (SSSR count). The number of Topliss-reactive ketones (excluding diaryl/α,β-unsaturated/α-hetero) is 1. The highest BCUT2D eigenvalue weighted by atomic mass is 16.6. The van der Waals surface area contributed by atoms with Crippen molar-refractivity contribution in [3.8, 4) is 40.2 Å². The first-order chi connectivity index (χ1) is 20.7. The Morgan fingerprint density at radius 1 is 0.930 bits per heavy atom. The molecule has 0 saturated carbocycles. The van der Waals surface area contributed by atoms with Gasteiger partial charge in [0.25, 0.3) is 0 Å². The number of benzene rings is 3. The van der Waals surface area contributed by atoms with E-state index in [-0.39, 0.29) is 46.8 Å². The van der Waals surface area contributed by atoms with Gasteiger partial charge in [-0.2, -0.15) is 0 Å². The Morgan fingerprint density at radius 3 is 2.44 bits per heavy atom. The second-order valence-corrected chi connectivity index (χ2v) is 10.5. The third-order valence-corrected chi connectivity index (χ3v) is 7.43. The van der Waals surface area contributed by atoms with Crippen LogP contribution in [0, 0.1) is 5.92 Å². The fourth-order valence-corrected chi connectivity index (χ4v) is 5.07. The van der Waals surface area contributed by atoms with Crippen LogP contribution in [-0.4, -0.2) is 63.3 Å². The molecule has 13 nitrogen and oxygen atoms in total. The van der Waals surface area contributed by atoms with Crippen LogP contribution in [0.4, 0.5) is 0 Å². The number of carbonyl (C=O) groups is 1. The third-order valence-electron chi connectivity index (χ3n) is 7.43. The summed E-state index contributed by atoms with van der Waals surface area (Å²) >= 11 is 0. The minimum atomic E-state index is -1.65. The zero-order valence-corrected chi connectivity index (χ0v) is 23.2. The lowest BCUT2D eigenvalue weighted by molar-refractivity contribution is -0.0130. The number of hydrogen-bond donors (Lipinski definition) is 5. The highest BCUT2D eigenvalue weighted by Crippen LogP contribution is 2.46. The molecule has 0 spiro atoms. The maximum Gasteiger partial charge on any atom is 0.202 e. The van der Waals surface area contributed by atoms with E-state index >= 15 is 0 Å². The number of hydrogen-bond acceptors (Lipinski definition) is 11. The molecule has 0 aliphatic carbocycles. The number of nitrogens with zero attached hydrogens (tertiary/aromatic N) is 3. The van der Waals surface area contributed by atoms with Crippen molar-refractivity contribution < 1.29 is 49.3 Å². The first kappa shape index (κ1) is 29.6. The Bertz CT molecular complexity index is 1560. The van der Waals surface area contributed by atoms with Crippen LogP contribution in [-0.2, 0) is 0 Å². The third kappa shape index (κ3) is 6.19. The number of phenols is 3. The van der Waals surface area contributed by atoms with Gasteiger partial charge < -0.3 is 44.5 Å². The van der Waals surface area contributed by atoms with Crippen molar-refractivity contribution >= 4 is 5.78 Å². The lowest BCUT2D eigenvalue weighted by Crippen LogP contribution is -2.37. The summed E-state index contributed by atoms with van der Waals surface area (Å²) in [7, 11) is 0. The smallest absolute Gasteiger partial charge is 0.202 e. The van der Waals surface area contributed by atoms with E-state index < -0.39 is 35.9 Å². The Morgan fingerprint density at radius 2 is 1.67 bits per heavy atom. The number of ketones is 1. The number of rotatable bonds is 10. The second kappa shape index (κ2) is 12.6. The summed E-state index contributed by atoms with van der Waals surface area (Å²) in [5, 5.41) is 54.7. The van der Waals surface area contributed by atoms with Gasteiger partial charge in [0.05, 0.1) is 13.2 Å². The lowest BCUT2D eigenvalue weighted by atomic mass is 9.92. The molecule has 13 heteroatoms. The molecule has 2 heterocycles. The average molecular weight is 594 g/mol. The van der Waals surface area contributed by atoms with Crippen LogP contribution in [0.1, 0.15) is 53.5 Å². The van der Waals surface area contributed by atoms with Crippen molar-refractivity contribution in [3.05, 3.63) is 75.7 Å². The number of aliphatic hydroxyl groups is 2. The molecule has 3 aromatic rings. The van der Waals surface area contributed by atoms with Crippen molar-refractivity contribution in [2.45, 2.75) is 44.2 Å². The quantitative estimate of drug-likeness (QED) is 0.127. The lowest BCUT2D eigenvalue weighted by Gasteiger charge is -2.35. The second-order valence-electron chi connectivity index (χ2n) is 10.5. The molecule has 5 N–H and O–H groups in total. The molecular formula is C30H31N3O10. The molecule has 0 bridgehead atoms. The molecule has 3 aromatic carbocycles. The monoisotopic (exact) mass is 593 g/mol. The van der Waals surface area contributed by atoms with Gasteiger partial charge in [-0.25, -0.2) is 0 Å². The summed E-state index contributed by atoms with van der Waals surface area (Å²) in [6, 6.07) is 11.5. The van der Waals surface area contributed by atoms with Gasteiger partial charge in [-0.05, 0) is 54.1 Å². The van der Waals surface area contributed by atoms with Gasteiger partial charge in [0.1, 0.15) is 22.8 Å². The first-order valence-electron chi connectivity index (χ1n) is 13.7. The van der Waals surface area contributed by atoms with E-state index in [2.05, 4.69) is 10.0 Å². The predicted molar refractivity (Wildman–Crippen MR) is 151 cm³/mol. The molecular weight excluding hydrogens is 562 g/mol. The number of aliphatic hydroxyl groups excluding tert-OH is 2. The maximum absolute atomic E-state index is 12.9. The van der Waals surface area contributed by atoms with Gasteiger partial charge in [0, 0.05) is 29.2 Å². The van der Waals surface area contributed by atoms with Crippen LogP contribution in [0.2, 0.25) is 0 Å². The molecule has 0 saturated heterocycles. The maximum atomic E-state index is 12.9. The summed E-state index contributed by atoms with van der Waals surface area (Å²) in [5.74, 6) is -0.696. The Labute approximate surface area is 246 Å². The fraction of sp³-hybridized carbons (Fsp3) is 0.367. The molecule has 0 radical (unpaired) electrons. The van der Waals surface area contributed by atoms with E-state index in [0.717, 1.165) is 6.07 Å². The van der Waals surface area contributed by atoms with Crippen LogP contribution in [0.25, 0.3) is 10.4 Å². The van der Waals surface area contributed by atoms with E-state index in [1.807, 2.05) is 6.92 Å². The molecule has 2 aliphatic heterocycles. The Hall–Kier alpha value is -4.84. The van der Waals surface area contributed by atoms with Crippen molar-refractivity contribution in [2.75, 3.05) is 19.8 Å². The molecule has 5 atom stereocenters. The minimum Gasteiger partial charge on any atom is -0.508 e. The largest absolute Gasteiger partial charge is 0.508 e. The summed E-state index contributed by atoms with van der Waals surface area (Å²) in [4.78, 5) is 15.6. The van der Waals surface area contributed by atoms with E-state index in [1.54, 1.807) is 30.3 Å². The van der Waals surface area contributed by atoms with Crippen LogP contribution in [0.5, 0.6) is 40.2 Å². The summed E-state index contributed by atoms with van der Waals surface area (Å²) < 4.78 is 23.9. The van der Waals surface area contributed by atoms with Crippen LogP contribution in [0.3, 0.4) is 0 Å². The Balaban J connectivity index is 1.35. The van der Waals surface area contributed by atoms with Gasteiger partial charge in [0.15, 0.2) is 47.4 Å². The van der Waals surface area contributed by atoms with Crippen molar-refractivity contribution in [2.24, 2.45) is 11.0 Å². The van der Waals surface area contributed by atoms with Crippen molar-refractivity contribution in [1.29, 1.82) is 0 Å². The summed E-state index contributed by atoms with van der Waals surface area (Å²) in [6.45, 7) is 2.34. The highest BCUT2D eigenvalue weighted by molar-refractivity contribution is 6.05. The topological polar surface area (TPSA) is 204 Å². The van der Waals surface area contributed by atoms with E-state index in [9.17, 15) is 30.3 Å². The fourth-order valence-electron chi connectivity index (χ4n) is 5.07. The molecule has 226 valence electrons. The normalized spacial score (nSPS) is 21.2. The number of ether oxygens (including phenoxy) is 4. The molecule has 43 heavy (non-hydrogen) atoms. The van der Waals surface area contributed by atoms with Gasteiger partial charge >= 0.3 is 0 Å². The molecule has 0 aromatic heterocycles. The summed E-state index contributed by atoms with van der Waals surface area (Å²) in [6.07, 6.45) is -3.05. The van der Waals surface area contributed by atoms with Gasteiger partial charge in [0.2, 0.25) is 5.78 Å². The van der Waals surface area contributed by atoms with Gasteiger partial charge in [-0.3, -0.25) is 4.79 Å². The van der Waals surface area contributed by atoms with Crippen LogP contribution in [0.15, 0.2) is 53.6 Å². The zero-order chi connectivity index (χ0) is 30.7. The molecule has 0 amide bonds. The van der Waals surface area contributed by atoms with E-state index in [0.29, 0.717) is 42.9 Å². The number of carbonyl (C=O) groups excluding carboxylic acids is 1. The molecule has 0 fully saturated rings. The average Bonchev–Trinajstić information content (AvgIpc) is 2.98. The van der Waals surface area contributed by atoms with Crippen molar-refractivity contribution in [3.63, 3.8) is 0 Å². The minimum absolute atomic E-state index is 0.0732.